The highest BCUT2D eigenvalue weighted by Gasteiger charge is 2.13. The molecule has 1 aromatic heterocycles. The van der Waals surface area contributed by atoms with Gasteiger partial charge >= 0.3 is 0 Å². The van der Waals surface area contributed by atoms with Crippen LogP contribution in [0.3, 0.4) is 0 Å². The number of hydrogen-bond acceptors (Lipinski definition) is 7. The molecule has 8 nitrogen and oxygen atoms in total. The van der Waals surface area contributed by atoms with E-state index in [1.807, 2.05) is 13.8 Å². The molecule has 192 valence electrons. The number of phenols is 3. The number of fused-ring (bicyclic) bond motifs is 1. The number of nitrogens with one attached hydrogen (secondary N) is 1. The molecule has 1 amide bonds. The molecule has 0 aliphatic rings. The number of phenolic OH excluding ortho intramolecular Hbond substituents is 3. The molecular weight excluding hydrogens is 474 g/mol. The molecule has 4 N–H and O–H groups in total. The highest BCUT2D eigenvalue weighted by Crippen LogP contribution is 2.31. The lowest BCUT2D eigenvalue weighted by Crippen LogP contribution is -2.23. The Morgan fingerprint density at radius 2 is 1.59 bits per heavy atom. The summed E-state index contributed by atoms with van der Waals surface area (Å²) in [5.41, 5.74) is 1.16. The smallest absolute Gasteiger partial charge is 0.244 e. The van der Waals surface area contributed by atoms with Crippen molar-refractivity contribution in [3.63, 3.8) is 0 Å². The molecule has 4 rings (SSSR count). The number of ether oxygens (including phenoxy) is 1. The SMILES string of the molecule is CC.O=C(/C=C/c1ccc(O)cc1)NCCCOc1cc(O)c2c(=O)cc(-c3ccc(O)cc3)oc2c1. The highest BCUT2D eigenvalue weighted by atomic mass is 16.5. The van der Waals surface area contributed by atoms with Crippen molar-refractivity contribution >= 4 is 23.0 Å². The van der Waals surface area contributed by atoms with Crippen LogP contribution in [-0.2, 0) is 4.79 Å². The van der Waals surface area contributed by atoms with Crippen molar-refractivity contribution in [2.24, 2.45) is 0 Å². The highest BCUT2D eigenvalue weighted by molar-refractivity contribution is 5.91. The van der Waals surface area contributed by atoms with Crippen molar-refractivity contribution in [1.29, 1.82) is 0 Å². The fourth-order valence-corrected chi connectivity index (χ4v) is 3.38. The van der Waals surface area contributed by atoms with E-state index in [4.69, 9.17) is 9.15 Å². The second-order valence-electron chi connectivity index (χ2n) is 7.76. The monoisotopic (exact) mass is 503 g/mol. The van der Waals surface area contributed by atoms with Crippen molar-refractivity contribution in [3.8, 4) is 34.3 Å². The Morgan fingerprint density at radius 1 is 0.946 bits per heavy atom. The van der Waals surface area contributed by atoms with Gasteiger partial charge < -0.3 is 29.8 Å². The number of carbonyl (C=O) groups excluding carboxylic acids is 1. The summed E-state index contributed by atoms with van der Waals surface area (Å²) >= 11 is 0. The van der Waals surface area contributed by atoms with E-state index in [0.29, 0.717) is 30.0 Å². The van der Waals surface area contributed by atoms with Crippen LogP contribution in [-0.4, -0.2) is 34.4 Å². The summed E-state index contributed by atoms with van der Waals surface area (Å²) < 4.78 is 11.5. The second-order valence-corrected chi connectivity index (χ2v) is 7.76. The van der Waals surface area contributed by atoms with Crippen LogP contribution < -0.4 is 15.5 Å². The van der Waals surface area contributed by atoms with Crippen LogP contribution in [0.15, 0.2) is 82.0 Å². The van der Waals surface area contributed by atoms with E-state index in [2.05, 4.69) is 5.32 Å². The average molecular weight is 504 g/mol. The van der Waals surface area contributed by atoms with Gasteiger partial charge in [-0.05, 0) is 54.5 Å². The molecule has 0 radical (unpaired) electrons. The van der Waals surface area contributed by atoms with Crippen molar-refractivity contribution in [3.05, 3.63) is 88.6 Å². The predicted octanol–water partition coefficient (Wildman–Crippen LogP) is 5.20. The van der Waals surface area contributed by atoms with Gasteiger partial charge in [0, 0.05) is 36.4 Å². The van der Waals surface area contributed by atoms with E-state index in [1.54, 1.807) is 42.5 Å². The Labute approximate surface area is 214 Å². The standard InChI is InChI=1S/C27H23NO7.C2H6/c29-19-7-2-17(3-8-19)4-11-26(33)28-12-1-13-34-21-14-22(31)27-23(32)16-24(35-25(27)15-21)18-5-9-20(30)10-6-18;1-2/h2-11,14-16,29-31H,1,12-13H2,(H,28,33);1-2H3/b11-4+;. The first-order chi connectivity index (χ1) is 17.9. The average Bonchev–Trinajstić information content (AvgIpc) is 2.89. The van der Waals surface area contributed by atoms with Gasteiger partial charge in [0.15, 0.2) is 5.43 Å². The van der Waals surface area contributed by atoms with E-state index in [9.17, 15) is 24.9 Å². The molecule has 0 aliphatic heterocycles. The minimum atomic E-state index is -0.401. The van der Waals surface area contributed by atoms with Gasteiger partial charge in [-0.15, -0.1) is 0 Å². The molecule has 4 aromatic rings. The van der Waals surface area contributed by atoms with Gasteiger partial charge in [0.25, 0.3) is 0 Å². The van der Waals surface area contributed by atoms with Gasteiger partial charge in [0.05, 0.1) is 6.61 Å². The summed E-state index contributed by atoms with van der Waals surface area (Å²) in [5, 5.41) is 31.9. The molecule has 0 saturated carbocycles. The van der Waals surface area contributed by atoms with E-state index in [-0.39, 0.29) is 40.7 Å². The quantitative estimate of drug-likeness (QED) is 0.192. The minimum Gasteiger partial charge on any atom is -0.508 e. The topological polar surface area (TPSA) is 129 Å². The Hall–Kier alpha value is -4.72. The van der Waals surface area contributed by atoms with Crippen molar-refractivity contribution in [2.75, 3.05) is 13.2 Å². The first-order valence-electron chi connectivity index (χ1n) is 11.9. The zero-order valence-electron chi connectivity index (χ0n) is 20.6. The summed E-state index contributed by atoms with van der Waals surface area (Å²) in [4.78, 5) is 24.5. The number of benzene rings is 3. The lowest BCUT2D eigenvalue weighted by atomic mass is 10.1. The summed E-state index contributed by atoms with van der Waals surface area (Å²) in [6.07, 6.45) is 3.56. The fourth-order valence-electron chi connectivity index (χ4n) is 3.38. The van der Waals surface area contributed by atoms with E-state index < -0.39 is 5.43 Å². The lowest BCUT2D eigenvalue weighted by molar-refractivity contribution is -0.116. The summed E-state index contributed by atoms with van der Waals surface area (Å²) in [7, 11) is 0. The molecule has 0 atom stereocenters. The Balaban J connectivity index is 0.00000186. The van der Waals surface area contributed by atoms with Crippen LogP contribution in [0.2, 0.25) is 0 Å². The van der Waals surface area contributed by atoms with Crippen LogP contribution in [0.25, 0.3) is 28.4 Å². The number of aromatic hydroxyl groups is 3. The van der Waals surface area contributed by atoms with Gasteiger partial charge in [-0.25, -0.2) is 0 Å². The number of rotatable bonds is 8. The molecular formula is C29H29NO7. The van der Waals surface area contributed by atoms with Crippen LogP contribution in [0.1, 0.15) is 25.8 Å². The number of hydrogen-bond donors (Lipinski definition) is 4. The maximum Gasteiger partial charge on any atom is 0.244 e. The molecule has 0 spiro atoms. The summed E-state index contributed by atoms with van der Waals surface area (Å²) in [6, 6.07) is 16.8. The normalized spacial score (nSPS) is 10.6. The van der Waals surface area contributed by atoms with E-state index in [1.165, 1.54) is 36.4 Å². The Kier molecular flexibility index (Phi) is 9.32. The molecule has 8 heteroatoms. The maximum absolute atomic E-state index is 12.5. The van der Waals surface area contributed by atoms with Gasteiger partial charge in [-0.1, -0.05) is 26.0 Å². The molecule has 0 fully saturated rings. The van der Waals surface area contributed by atoms with Crippen LogP contribution in [0.4, 0.5) is 0 Å². The Morgan fingerprint density at radius 3 is 2.27 bits per heavy atom. The third kappa shape index (κ3) is 7.38. The van der Waals surface area contributed by atoms with Gasteiger partial charge in [0.1, 0.15) is 39.7 Å². The maximum atomic E-state index is 12.5. The zero-order chi connectivity index (χ0) is 26.8. The predicted molar refractivity (Wildman–Crippen MR) is 143 cm³/mol. The molecule has 0 aliphatic carbocycles. The number of carbonyl (C=O) groups is 1. The van der Waals surface area contributed by atoms with Crippen LogP contribution in [0, 0.1) is 0 Å². The van der Waals surface area contributed by atoms with Crippen molar-refractivity contribution in [1.82, 2.24) is 5.32 Å². The molecule has 0 saturated heterocycles. The molecule has 3 aromatic carbocycles. The van der Waals surface area contributed by atoms with Gasteiger partial charge in [-0.3, -0.25) is 9.59 Å². The first kappa shape index (κ1) is 26.9. The van der Waals surface area contributed by atoms with Crippen LogP contribution >= 0.6 is 0 Å². The largest absolute Gasteiger partial charge is 0.508 e. The fraction of sp³-hybridized carbons (Fsp3) is 0.172. The third-order valence-corrected chi connectivity index (χ3v) is 5.14. The lowest BCUT2D eigenvalue weighted by Gasteiger charge is -2.09. The van der Waals surface area contributed by atoms with Crippen molar-refractivity contribution in [2.45, 2.75) is 20.3 Å². The molecule has 1 heterocycles. The zero-order valence-corrected chi connectivity index (χ0v) is 20.6. The van der Waals surface area contributed by atoms with E-state index >= 15 is 0 Å². The third-order valence-electron chi connectivity index (χ3n) is 5.14. The summed E-state index contributed by atoms with van der Waals surface area (Å²) in [5.74, 6) is 0.351. The minimum absolute atomic E-state index is 0.0487. The number of amides is 1. The van der Waals surface area contributed by atoms with Gasteiger partial charge in [-0.2, -0.15) is 0 Å². The van der Waals surface area contributed by atoms with E-state index in [0.717, 1.165) is 5.56 Å². The molecule has 37 heavy (non-hydrogen) atoms. The molecule has 0 bridgehead atoms. The first-order valence-corrected chi connectivity index (χ1v) is 11.9. The van der Waals surface area contributed by atoms with Crippen LogP contribution in [0.5, 0.6) is 23.0 Å². The van der Waals surface area contributed by atoms with Gasteiger partial charge in [0.2, 0.25) is 5.91 Å². The van der Waals surface area contributed by atoms with Crippen molar-refractivity contribution < 1.29 is 29.3 Å². The summed E-state index contributed by atoms with van der Waals surface area (Å²) in [6.45, 7) is 4.63. The Bertz CT molecular complexity index is 1420. The molecule has 0 unspecified atom stereocenters. The second kappa shape index (κ2) is 12.8.